The lowest BCUT2D eigenvalue weighted by Gasteiger charge is -2.22. The average molecular weight is 466 g/mol. The molecule has 0 spiro atoms. The molecule has 3 aromatic carbocycles. The van der Waals surface area contributed by atoms with Crippen LogP contribution in [0.2, 0.25) is 0 Å². The van der Waals surface area contributed by atoms with Crippen molar-refractivity contribution in [1.29, 1.82) is 0 Å². The highest BCUT2D eigenvalue weighted by atomic mass is 19.3. The van der Waals surface area contributed by atoms with Crippen LogP contribution in [-0.2, 0) is 12.8 Å². The summed E-state index contributed by atoms with van der Waals surface area (Å²) in [6.45, 7) is 5.11. The maximum atomic E-state index is 11.3. The van der Waals surface area contributed by atoms with Crippen LogP contribution >= 0.6 is 0 Å². The number of aliphatic hydroxyl groups is 2. The van der Waals surface area contributed by atoms with Crippen molar-refractivity contribution >= 4 is 21.7 Å². The van der Waals surface area contributed by atoms with Gasteiger partial charge in [0.15, 0.2) is 0 Å². The van der Waals surface area contributed by atoms with Crippen LogP contribution in [0.1, 0.15) is 30.5 Å². The Hall–Kier alpha value is -3.09. The summed E-state index contributed by atoms with van der Waals surface area (Å²) in [6, 6.07) is 17.0. The van der Waals surface area contributed by atoms with Crippen LogP contribution < -0.4 is 4.74 Å². The molecule has 0 saturated heterocycles. The third-order valence-corrected chi connectivity index (χ3v) is 6.11. The SMILES string of the molecule is CC(C)(O)C(F)F.Cc1cc2ccccc2c(-c2ccc3c4c(ccnc24)CCO3)c1CCO. The number of aromatic nitrogens is 1. The van der Waals surface area contributed by atoms with E-state index in [2.05, 4.69) is 55.5 Å². The van der Waals surface area contributed by atoms with Gasteiger partial charge in [-0.15, -0.1) is 0 Å². The first-order chi connectivity index (χ1) is 16.2. The standard InChI is InChI=1S/C24H21NO2.C4H8F2O/c1-15-14-17-4-2-3-5-19(17)23(18(15)9-12-26)20-6-7-21-22-16(10-13-27-21)8-11-25-24(20)22;1-4(2,7)3(5)6/h2-8,11,14,26H,9-10,12-13H2,1H3;3,7H,1-2H3. The van der Waals surface area contributed by atoms with Crippen molar-refractivity contribution in [2.75, 3.05) is 13.2 Å². The Balaban J connectivity index is 0.000000344. The number of hydrogen-bond donors (Lipinski definition) is 2. The molecule has 6 heteroatoms. The van der Waals surface area contributed by atoms with E-state index in [1.807, 2.05) is 6.20 Å². The molecule has 0 atom stereocenters. The van der Waals surface area contributed by atoms with Crippen LogP contribution in [0.4, 0.5) is 8.78 Å². The van der Waals surface area contributed by atoms with Crippen LogP contribution in [-0.4, -0.2) is 40.4 Å². The first kappa shape index (κ1) is 24.0. The van der Waals surface area contributed by atoms with E-state index < -0.39 is 12.0 Å². The zero-order valence-electron chi connectivity index (χ0n) is 19.6. The average Bonchev–Trinajstić information content (AvgIpc) is 2.80. The van der Waals surface area contributed by atoms with Gasteiger partial charge >= 0.3 is 0 Å². The lowest BCUT2D eigenvalue weighted by molar-refractivity contribution is -0.0695. The zero-order valence-corrected chi connectivity index (χ0v) is 19.6. The molecule has 1 aliphatic rings. The van der Waals surface area contributed by atoms with Gasteiger partial charge in [-0.3, -0.25) is 4.98 Å². The molecule has 0 unspecified atom stereocenters. The molecular formula is C28H29F2NO3. The number of pyridine rings is 1. The van der Waals surface area contributed by atoms with Gasteiger partial charge in [-0.25, -0.2) is 8.78 Å². The van der Waals surface area contributed by atoms with Gasteiger partial charge < -0.3 is 14.9 Å². The molecule has 4 aromatic rings. The molecule has 178 valence electrons. The molecule has 0 amide bonds. The number of rotatable bonds is 4. The second kappa shape index (κ2) is 9.65. The number of ether oxygens (including phenoxy) is 1. The molecule has 1 aromatic heterocycles. The predicted molar refractivity (Wildman–Crippen MR) is 132 cm³/mol. The van der Waals surface area contributed by atoms with E-state index in [1.54, 1.807) is 0 Å². The summed E-state index contributed by atoms with van der Waals surface area (Å²) in [4.78, 5) is 4.76. The minimum Gasteiger partial charge on any atom is -0.493 e. The normalized spacial score (nSPS) is 13.1. The molecule has 0 fully saturated rings. The van der Waals surface area contributed by atoms with Crippen molar-refractivity contribution in [1.82, 2.24) is 4.98 Å². The van der Waals surface area contributed by atoms with Gasteiger partial charge in [0, 0.05) is 30.2 Å². The van der Waals surface area contributed by atoms with Crippen molar-refractivity contribution in [3.63, 3.8) is 0 Å². The summed E-state index contributed by atoms with van der Waals surface area (Å²) < 4.78 is 28.5. The first-order valence-corrected chi connectivity index (χ1v) is 11.4. The van der Waals surface area contributed by atoms with Gasteiger partial charge in [-0.05, 0) is 78.4 Å². The van der Waals surface area contributed by atoms with Crippen LogP contribution in [0.5, 0.6) is 5.75 Å². The number of aliphatic hydroxyl groups excluding tert-OH is 1. The van der Waals surface area contributed by atoms with Gasteiger partial charge in [0.05, 0.1) is 12.1 Å². The Labute approximate surface area is 197 Å². The fourth-order valence-electron chi connectivity index (χ4n) is 4.38. The molecule has 0 aliphatic carbocycles. The minimum atomic E-state index is -2.65. The number of hydrogen-bond acceptors (Lipinski definition) is 4. The molecule has 2 N–H and O–H groups in total. The fourth-order valence-corrected chi connectivity index (χ4v) is 4.38. The highest BCUT2D eigenvalue weighted by Gasteiger charge is 2.25. The summed E-state index contributed by atoms with van der Waals surface area (Å²) in [5.74, 6) is 0.920. The summed E-state index contributed by atoms with van der Waals surface area (Å²) in [5, 5.41) is 21.6. The maximum Gasteiger partial charge on any atom is 0.266 e. The van der Waals surface area contributed by atoms with Crippen LogP contribution in [0.25, 0.3) is 32.8 Å². The predicted octanol–water partition coefficient (Wildman–Crippen LogP) is 5.86. The van der Waals surface area contributed by atoms with E-state index in [9.17, 15) is 13.9 Å². The van der Waals surface area contributed by atoms with Crippen molar-refractivity contribution in [3.05, 3.63) is 71.4 Å². The number of benzene rings is 3. The smallest absolute Gasteiger partial charge is 0.266 e. The summed E-state index contributed by atoms with van der Waals surface area (Å²) in [5.41, 5.74) is 5.14. The minimum absolute atomic E-state index is 0.129. The van der Waals surface area contributed by atoms with Crippen LogP contribution in [0.3, 0.4) is 0 Å². The van der Waals surface area contributed by atoms with Crippen LogP contribution in [0, 0.1) is 6.92 Å². The van der Waals surface area contributed by atoms with Gasteiger partial charge in [-0.1, -0.05) is 30.3 Å². The van der Waals surface area contributed by atoms with Crippen molar-refractivity contribution in [3.8, 4) is 16.9 Å². The maximum absolute atomic E-state index is 11.3. The molecule has 34 heavy (non-hydrogen) atoms. The largest absolute Gasteiger partial charge is 0.493 e. The number of aryl methyl sites for hydroxylation is 1. The topological polar surface area (TPSA) is 62.6 Å². The Morgan fingerprint density at radius 1 is 1.12 bits per heavy atom. The second-order valence-corrected chi connectivity index (χ2v) is 9.10. The summed E-state index contributed by atoms with van der Waals surface area (Å²) in [7, 11) is 0. The van der Waals surface area contributed by atoms with E-state index in [-0.39, 0.29) is 6.61 Å². The second-order valence-electron chi connectivity index (χ2n) is 9.10. The monoisotopic (exact) mass is 465 g/mol. The van der Waals surface area contributed by atoms with Gasteiger partial charge in [0.2, 0.25) is 0 Å². The molecule has 4 nitrogen and oxygen atoms in total. The number of halogens is 2. The lowest BCUT2D eigenvalue weighted by atomic mass is 9.87. The number of nitrogens with zero attached hydrogens (tertiary/aromatic N) is 1. The van der Waals surface area contributed by atoms with E-state index in [0.29, 0.717) is 13.0 Å². The highest BCUT2D eigenvalue weighted by molar-refractivity contribution is 6.08. The third kappa shape index (κ3) is 4.61. The Kier molecular flexibility index (Phi) is 6.82. The van der Waals surface area contributed by atoms with Crippen molar-refractivity contribution in [2.24, 2.45) is 0 Å². The Morgan fingerprint density at radius 2 is 1.85 bits per heavy atom. The zero-order chi connectivity index (χ0) is 24.5. The van der Waals surface area contributed by atoms with E-state index in [4.69, 9.17) is 14.8 Å². The fraction of sp³-hybridized carbons (Fsp3) is 0.321. The van der Waals surface area contributed by atoms with Crippen LogP contribution in [0.15, 0.2) is 54.7 Å². The molecule has 0 saturated carbocycles. The van der Waals surface area contributed by atoms with Gasteiger partial charge in [-0.2, -0.15) is 0 Å². The molecule has 0 radical (unpaired) electrons. The number of fused-ring (bicyclic) bond motifs is 1. The third-order valence-electron chi connectivity index (χ3n) is 6.11. The molecule has 0 bridgehead atoms. The summed E-state index contributed by atoms with van der Waals surface area (Å²) in [6.07, 6.45) is 0.798. The molecular weight excluding hydrogens is 436 g/mol. The summed E-state index contributed by atoms with van der Waals surface area (Å²) >= 11 is 0. The number of alkyl halides is 2. The molecule has 2 heterocycles. The first-order valence-electron chi connectivity index (χ1n) is 11.4. The van der Waals surface area contributed by atoms with Gasteiger partial charge in [0.1, 0.15) is 11.4 Å². The Morgan fingerprint density at radius 3 is 2.56 bits per heavy atom. The van der Waals surface area contributed by atoms with E-state index >= 15 is 0 Å². The quantitative estimate of drug-likeness (QED) is 0.397. The molecule has 1 aliphatic heterocycles. The molecule has 5 rings (SSSR count). The van der Waals surface area contributed by atoms with Gasteiger partial charge in [0.25, 0.3) is 6.43 Å². The van der Waals surface area contributed by atoms with Crippen molar-refractivity contribution < 1.29 is 23.7 Å². The Bertz CT molecular complexity index is 1320. The van der Waals surface area contributed by atoms with E-state index in [0.717, 1.165) is 42.5 Å². The highest BCUT2D eigenvalue weighted by Crippen LogP contribution is 2.42. The van der Waals surface area contributed by atoms with Crippen molar-refractivity contribution in [2.45, 2.75) is 45.6 Å². The van der Waals surface area contributed by atoms with E-state index in [1.165, 1.54) is 33.0 Å². The lowest BCUT2D eigenvalue weighted by Crippen LogP contribution is -2.28.